The van der Waals surface area contributed by atoms with Crippen LogP contribution in [0.1, 0.15) is 45.1 Å². The first-order chi connectivity index (χ1) is 9.14. The lowest BCUT2D eigenvalue weighted by atomic mass is 9.72. The van der Waals surface area contributed by atoms with E-state index in [0.29, 0.717) is 11.0 Å². The average molecular weight is 264 g/mol. The largest absolute Gasteiger partial charge is 0.370 e. The molecule has 2 N–H and O–H groups in total. The lowest BCUT2D eigenvalue weighted by molar-refractivity contribution is 0.173. The molecule has 1 heterocycles. The van der Waals surface area contributed by atoms with Crippen molar-refractivity contribution in [2.24, 2.45) is 11.1 Å². The molecule has 0 spiro atoms. The maximum Gasteiger partial charge on any atom is 0.127 e. The summed E-state index contributed by atoms with van der Waals surface area (Å²) >= 11 is 0. The maximum absolute atomic E-state index is 13.5. The monoisotopic (exact) mass is 264 g/mol. The first-order valence-corrected chi connectivity index (χ1v) is 7.37. The fourth-order valence-electron chi connectivity index (χ4n) is 3.36. The molecule has 0 amide bonds. The number of anilines is 1. The molecule has 1 aliphatic heterocycles. The number of nitrogens with zero attached hydrogens (tertiary/aromatic N) is 1. The highest BCUT2D eigenvalue weighted by atomic mass is 19.1. The second-order valence-electron chi connectivity index (χ2n) is 5.84. The Morgan fingerprint density at radius 2 is 1.84 bits per heavy atom. The van der Waals surface area contributed by atoms with Gasteiger partial charge in [0.05, 0.1) is 0 Å². The number of rotatable bonds is 6. The minimum atomic E-state index is -0.194. The zero-order valence-electron chi connectivity index (χ0n) is 12.1. The van der Waals surface area contributed by atoms with Crippen molar-refractivity contribution >= 4 is 5.69 Å². The third-order valence-corrected chi connectivity index (χ3v) is 4.23. The van der Waals surface area contributed by atoms with Crippen molar-refractivity contribution in [2.45, 2.75) is 46.1 Å². The third-order valence-electron chi connectivity index (χ3n) is 4.23. The van der Waals surface area contributed by atoms with Crippen LogP contribution >= 0.6 is 0 Å². The minimum Gasteiger partial charge on any atom is -0.370 e. The van der Waals surface area contributed by atoms with Gasteiger partial charge < -0.3 is 10.6 Å². The summed E-state index contributed by atoms with van der Waals surface area (Å²) in [5, 5.41) is 0. The van der Waals surface area contributed by atoms with Crippen LogP contribution in [0, 0.1) is 11.2 Å². The molecule has 0 saturated carbocycles. The molecule has 1 saturated heterocycles. The van der Waals surface area contributed by atoms with E-state index in [-0.39, 0.29) is 12.4 Å². The van der Waals surface area contributed by atoms with Gasteiger partial charge in [-0.15, -0.1) is 0 Å². The maximum atomic E-state index is 13.5. The summed E-state index contributed by atoms with van der Waals surface area (Å²) in [5.74, 6) is -0.194. The van der Waals surface area contributed by atoms with E-state index in [0.717, 1.165) is 18.8 Å². The summed E-state index contributed by atoms with van der Waals surface area (Å²) in [4.78, 5) is 2.35. The summed E-state index contributed by atoms with van der Waals surface area (Å²) in [6, 6.07) is 5.31. The number of hydrogen-bond acceptors (Lipinski definition) is 2. The van der Waals surface area contributed by atoms with Gasteiger partial charge in [-0.05, 0) is 31.0 Å². The SMILES string of the molecule is CCCC1(CCC)CN(c2ccc(F)c(CN)c2)C1. The zero-order valence-corrected chi connectivity index (χ0v) is 12.1. The molecule has 1 aromatic carbocycles. The molecule has 2 nitrogen and oxygen atoms in total. The molecule has 0 aliphatic carbocycles. The molecular weight excluding hydrogens is 239 g/mol. The number of hydrogen-bond donors (Lipinski definition) is 1. The van der Waals surface area contributed by atoms with Crippen molar-refractivity contribution in [3.63, 3.8) is 0 Å². The summed E-state index contributed by atoms with van der Waals surface area (Å²) in [6.07, 6.45) is 5.07. The molecule has 106 valence electrons. The topological polar surface area (TPSA) is 29.3 Å². The standard InChI is InChI=1S/C16H25FN2/c1-3-7-16(8-4-2)11-19(12-16)14-5-6-15(17)13(9-14)10-18/h5-6,9H,3-4,7-8,10-12,18H2,1-2H3. The molecular formula is C16H25FN2. The van der Waals surface area contributed by atoms with Gasteiger partial charge in [-0.1, -0.05) is 26.7 Å². The molecule has 0 radical (unpaired) electrons. The van der Waals surface area contributed by atoms with E-state index in [1.165, 1.54) is 31.7 Å². The van der Waals surface area contributed by atoms with Gasteiger partial charge in [-0.3, -0.25) is 0 Å². The highest BCUT2D eigenvalue weighted by Crippen LogP contribution is 2.42. The van der Waals surface area contributed by atoms with Crippen LogP contribution in [-0.4, -0.2) is 13.1 Å². The molecule has 0 atom stereocenters. The Hall–Kier alpha value is -1.09. The van der Waals surface area contributed by atoms with Crippen molar-refractivity contribution in [3.05, 3.63) is 29.6 Å². The van der Waals surface area contributed by atoms with Crippen molar-refractivity contribution in [1.82, 2.24) is 0 Å². The van der Waals surface area contributed by atoms with E-state index in [1.807, 2.05) is 12.1 Å². The van der Waals surface area contributed by atoms with Gasteiger partial charge in [0.2, 0.25) is 0 Å². The van der Waals surface area contributed by atoms with E-state index in [1.54, 1.807) is 0 Å². The predicted molar refractivity (Wildman–Crippen MR) is 78.8 cm³/mol. The molecule has 19 heavy (non-hydrogen) atoms. The van der Waals surface area contributed by atoms with Gasteiger partial charge in [-0.2, -0.15) is 0 Å². The molecule has 0 bridgehead atoms. The van der Waals surface area contributed by atoms with Crippen molar-refractivity contribution in [3.8, 4) is 0 Å². The van der Waals surface area contributed by atoms with Crippen LogP contribution in [0.2, 0.25) is 0 Å². The zero-order chi connectivity index (χ0) is 13.9. The van der Waals surface area contributed by atoms with Gasteiger partial charge in [0.1, 0.15) is 5.82 Å². The molecule has 1 fully saturated rings. The smallest absolute Gasteiger partial charge is 0.127 e. The Morgan fingerprint density at radius 1 is 1.21 bits per heavy atom. The fourth-order valence-corrected chi connectivity index (χ4v) is 3.36. The predicted octanol–water partition coefficient (Wildman–Crippen LogP) is 3.69. The first kappa shape index (κ1) is 14.3. The molecule has 0 unspecified atom stereocenters. The van der Waals surface area contributed by atoms with Crippen LogP contribution < -0.4 is 10.6 Å². The van der Waals surface area contributed by atoms with Gasteiger partial charge in [0, 0.05) is 36.3 Å². The van der Waals surface area contributed by atoms with Crippen LogP contribution in [0.15, 0.2) is 18.2 Å². The van der Waals surface area contributed by atoms with E-state index >= 15 is 0 Å². The van der Waals surface area contributed by atoms with Crippen molar-refractivity contribution < 1.29 is 4.39 Å². The summed E-state index contributed by atoms with van der Waals surface area (Å²) < 4.78 is 13.5. The van der Waals surface area contributed by atoms with Crippen LogP contribution in [0.5, 0.6) is 0 Å². The normalized spacial score (nSPS) is 17.4. The Bertz CT molecular complexity index is 417. The Morgan fingerprint density at radius 3 is 2.37 bits per heavy atom. The highest BCUT2D eigenvalue weighted by Gasteiger charge is 2.41. The molecule has 3 heteroatoms. The van der Waals surface area contributed by atoms with Gasteiger partial charge in [0.15, 0.2) is 0 Å². The Labute approximate surface area is 115 Å². The first-order valence-electron chi connectivity index (χ1n) is 7.37. The third kappa shape index (κ3) is 2.92. The Kier molecular flexibility index (Phi) is 4.46. The summed E-state index contributed by atoms with van der Waals surface area (Å²) in [7, 11) is 0. The highest BCUT2D eigenvalue weighted by molar-refractivity contribution is 5.52. The fraction of sp³-hybridized carbons (Fsp3) is 0.625. The molecule has 1 aliphatic rings. The lowest BCUT2D eigenvalue weighted by Gasteiger charge is -2.52. The summed E-state index contributed by atoms with van der Waals surface area (Å²) in [6.45, 7) is 6.98. The van der Waals surface area contributed by atoms with Crippen LogP contribution in [-0.2, 0) is 6.54 Å². The number of nitrogens with two attached hydrogens (primary N) is 1. The van der Waals surface area contributed by atoms with Gasteiger partial charge >= 0.3 is 0 Å². The van der Waals surface area contributed by atoms with Crippen molar-refractivity contribution in [1.29, 1.82) is 0 Å². The summed E-state index contributed by atoms with van der Waals surface area (Å²) in [5.41, 5.74) is 7.78. The Balaban J connectivity index is 2.06. The van der Waals surface area contributed by atoms with Gasteiger partial charge in [0.25, 0.3) is 0 Å². The minimum absolute atomic E-state index is 0.194. The van der Waals surface area contributed by atoms with Gasteiger partial charge in [-0.25, -0.2) is 4.39 Å². The average Bonchev–Trinajstić information content (AvgIpc) is 2.36. The van der Waals surface area contributed by atoms with Crippen LogP contribution in [0.4, 0.5) is 10.1 Å². The van der Waals surface area contributed by atoms with Crippen molar-refractivity contribution in [2.75, 3.05) is 18.0 Å². The lowest BCUT2D eigenvalue weighted by Crippen LogP contribution is -2.56. The second-order valence-corrected chi connectivity index (χ2v) is 5.84. The quantitative estimate of drug-likeness (QED) is 0.849. The van der Waals surface area contributed by atoms with E-state index in [9.17, 15) is 4.39 Å². The molecule has 1 aromatic rings. The van der Waals surface area contributed by atoms with E-state index in [4.69, 9.17) is 5.73 Å². The van der Waals surface area contributed by atoms with E-state index in [2.05, 4.69) is 18.7 Å². The second kappa shape index (κ2) is 5.91. The van der Waals surface area contributed by atoms with Crippen LogP contribution in [0.25, 0.3) is 0 Å². The number of halogens is 1. The number of benzene rings is 1. The van der Waals surface area contributed by atoms with E-state index < -0.39 is 0 Å². The van der Waals surface area contributed by atoms with Crippen LogP contribution in [0.3, 0.4) is 0 Å². The molecule has 2 rings (SSSR count). The molecule has 0 aromatic heterocycles.